The summed E-state index contributed by atoms with van der Waals surface area (Å²) in [7, 11) is -4.03. The molecule has 0 N–H and O–H groups in total. The third kappa shape index (κ3) is 5.58. The molecule has 0 fully saturated rings. The maximum Gasteiger partial charge on any atom is 0.485 e. The van der Waals surface area contributed by atoms with Crippen molar-refractivity contribution in [3.63, 3.8) is 0 Å². The highest BCUT2D eigenvalue weighted by atomic mass is 32.2. The van der Waals surface area contributed by atoms with Crippen molar-refractivity contribution in [3.8, 4) is 0 Å². The predicted molar refractivity (Wildman–Crippen MR) is 133 cm³/mol. The second-order valence-electron chi connectivity index (χ2n) is 8.38. The van der Waals surface area contributed by atoms with Gasteiger partial charge in [-0.15, -0.1) is 16.4 Å². The largest absolute Gasteiger partial charge is 0.741 e. The summed E-state index contributed by atoms with van der Waals surface area (Å²) in [6, 6.07) is 32.8. The number of hydrogen-bond donors (Lipinski definition) is 0. The average molecular weight is 548 g/mol. The minimum absolute atomic E-state index is 0.291. The van der Waals surface area contributed by atoms with Crippen molar-refractivity contribution in [1.82, 2.24) is 9.78 Å². The van der Waals surface area contributed by atoms with Crippen molar-refractivity contribution in [2.24, 2.45) is 7.05 Å². The Kier molecular flexibility index (Phi) is 7.77. The van der Waals surface area contributed by atoms with E-state index < -0.39 is 15.6 Å². The number of benzene rings is 3. The van der Waals surface area contributed by atoms with Crippen molar-refractivity contribution in [1.29, 1.82) is 0 Å². The molecule has 0 spiro atoms. The van der Waals surface area contributed by atoms with Crippen LogP contribution in [0, 0.1) is 0 Å². The topological polar surface area (TPSA) is 78.9 Å². The van der Waals surface area contributed by atoms with Crippen LogP contribution < -0.4 is 4.57 Å². The summed E-state index contributed by atoms with van der Waals surface area (Å²) in [6.07, 6.45) is 3.08. The lowest BCUT2D eigenvalue weighted by Crippen LogP contribution is -2.31. The lowest BCUT2D eigenvalue weighted by Gasteiger charge is -2.36. The zero-order valence-corrected chi connectivity index (χ0v) is 21.4. The molecule has 37 heavy (non-hydrogen) atoms. The zero-order valence-electron chi connectivity index (χ0n) is 19.7. The molecular formula is C26H24F3N3O3S2. The molecule has 11 heteroatoms. The van der Waals surface area contributed by atoms with Crippen LogP contribution in [-0.2, 0) is 28.5 Å². The van der Waals surface area contributed by atoms with Gasteiger partial charge in [0, 0.05) is 11.5 Å². The molecule has 0 saturated carbocycles. The molecule has 0 amide bonds. The van der Waals surface area contributed by atoms with Crippen molar-refractivity contribution < 1.29 is 30.7 Å². The van der Waals surface area contributed by atoms with Gasteiger partial charge in [-0.2, -0.15) is 13.2 Å². The summed E-state index contributed by atoms with van der Waals surface area (Å²) >= 11 is 2.04. The number of thioether (sulfide) groups is 1. The number of aromatic nitrogens is 3. The number of fused-ring (bicyclic) bond motifs is 1. The molecule has 194 valence electrons. The average Bonchev–Trinajstić information content (AvgIpc) is 3.46. The van der Waals surface area contributed by atoms with Gasteiger partial charge in [0.15, 0.2) is 10.1 Å². The Bertz CT molecular complexity index is 1330. The first-order valence-electron chi connectivity index (χ1n) is 11.3. The van der Waals surface area contributed by atoms with Crippen LogP contribution in [0.5, 0.6) is 0 Å². The van der Waals surface area contributed by atoms with E-state index in [4.69, 9.17) is 13.0 Å². The number of halogens is 3. The van der Waals surface area contributed by atoms with Crippen LogP contribution in [0.4, 0.5) is 13.2 Å². The molecule has 1 aliphatic rings. The molecule has 2 heterocycles. The first-order chi connectivity index (χ1) is 17.5. The molecule has 1 atom stereocenters. The standard InChI is InChI=1S/C25H24N3S.CHF3O3S/c1-27-24-23(17-18-28(24)19-26-27)29-25(20-11-5-2-6-12-20,21-13-7-3-8-14-21)22-15-9-4-10-16-22;2-1(3,4)8(5,6)7/h2-16,19,23H,17-18H2,1H3;(H,5,6,7)/q+1;/p-1. The lowest BCUT2D eigenvalue weighted by molar-refractivity contribution is -0.691. The fraction of sp³-hybridized carbons (Fsp3) is 0.231. The number of nitrogens with zero attached hydrogens (tertiary/aromatic N) is 3. The SMILES string of the molecule is Cn1nc[n+]2c1C(SC(c1ccccc1)(c1ccccc1)c1ccccc1)CC2.O=S(=O)([O-])C(F)(F)F. The third-order valence-corrected chi connectivity index (χ3v) is 8.41. The van der Waals surface area contributed by atoms with Crippen LogP contribution in [0.1, 0.15) is 34.2 Å². The normalized spacial score (nSPS) is 15.5. The number of rotatable bonds is 5. The number of hydrogen-bond acceptors (Lipinski definition) is 5. The fourth-order valence-corrected chi connectivity index (χ4v) is 6.30. The van der Waals surface area contributed by atoms with E-state index in [2.05, 4.69) is 108 Å². The van der Waals surface area contributed by atoms with Gasteiger partial charge < -0.3 is 4.55 Å². The molecule has 3 aromatic carbocycles. The maximum absolute atomic E-state index is 10.7. The Morgan fingerprint density at radius 3 is 1.68 bits per heavy atom. The summed E-state index contributed by atoms with van der Waals surface area (Å²) in [4.78, 5) is 0. The summed E-state index contributed by atoms with van der Waals surface area (Å²) < 4.78 is 62.9. The van der Waals surface area contributed by atoms with E-state index in [-0.39, 0.29) is 4.75 Å². The van der Waals surface area contributed by atoms with Gasteiger partial charge in [-0.3, -0.25) is 0 Å². The summed E-state index contributed by atoms with van der Waals surface area (Å²) in [5.74, 6) is 1.29. The molecule has 5 rings (SSSR count). The molecule has 6 nitrogen and oxygen atoms in total. The predicted octanol–water partition coefficient (Wildman–Crippen LogP) is 4.93. The van der Waals surface area contributed by atoms with E-state index in [1.807, 2.05) is 22.8 Å². The molecule has 1 aliphatic heterocycles. The Morgan fingerprint density at radius 1 is 0.892 bits per heavy atom. The van der Waals surface area contributed by atoms with Crippen LogP contribution in [0.15, 0.2) is 97.3 Å². The van der Waals surface area contributed by atoms with E-state index in [9.17, 15) is 13.2 Å². The van der Waals surface area contributed by atoms with E-state index >= 15 is 0 Å². The number of aryl methyl sites for hydroxylation is 2. The van der Waals surface area contributed by atoms with Gasteiger partial charge in [0.05, 0.1) is 23.6 Å². The molecule has 4 aromatic rings. The second kappa shape index (κ2) is 10.7. The fourth-order valence-electron chi connectivity index (χ4n) is 4.44. The quantitative estimate of drug-likeness (QED) is 0.153. The minimum Gasteiger partial charge on any atom is -0.741 e. The van der Waals surface area contributed by atoms with Crippen LogP contribution >= 0.6 is 11.8 Å². The van der Waals surface area contributed by atoms with Gasteiger partial charge in [-0.25, -0.2) is 13.0 Å². The van der Waals surface area contributed by atoms with E-state index in [1.54, 1.807) is 0 Å². The van der Waals surface area contributed by atoms with Gasteiger partial charge >= 0.3 is 5.51 Å². The monoisotopic (exact) mass is 547 g/mol. The molecular weight excluding hydrogens is 523 g/mol. The molecule has 0 radical (unpaired) electrons. The molecule has 0 aliphatic carbocycles. The van der Waals surface area contributed by atoms with Crippen molar-refractivity contribution >= 4 is 21.9 Å². The molecule has 0 saturated heterocycles. The second-order valence-corrected chi connectivity index (χ2v) is 11.2. The van der Waals surface area contributed by atoms with Crippen molar-refractivity contribution in [3.05, 3.63) is 120 Å². The highest BCUT2D eigenvalue weighted by molar-refractivity contribution is 8.00. The first kappa shape index (κ1) is 26.9. The lowest BCUT2D eigenvalue weighted by atomic mass is 9.84. The Morgan fingerprint density at radius 2 is 1.30 bits per heavy atom. The van der Waals surface area contributed by atoms with Gasteiger partial charge in [0.25, 0.3) is 6.33 Å². The molecule has 1 aromatic heterocycles. The minimum atomic E-state index is -6.09. The highest BCUT2D eigenvalue weighted by Gasteiger charge is 2.44. The summed E-state index contributed by atoms with van der Waals surface area (Å²) in [6.45, 7) is 1.02. The Labute approximate surface area is 217 Å². The van der Waals surface area contributed by atoms with Crippen LogP contribution in [-0.4, -0.2) is 28.3 Å². The van der Waals surface area contributed by atoms with Crippen LogP contribution in [0.25, 0.3) is 0 Å². The maximum atomic E-state index is 10.7. The van der Waals surface area contributed by atoms with E-state index in [0.29, 0.717) is 5.25 Å². The third-order valence-electron chi connectivity index (χ3n) is 6.05. The van der Waals surface area contributed by atoms with Gasteiger partial charge in [-0.1, -0.05) is 91.0 Å². The zero-order chi connectivity index (χ0) is 26.7. The Balaban J connectivity index is 0.000000349. The van der Waals surface area contributed by atoms with E-state index in [0.717, 1.165) is 13.0 Å². The van der Waals surface area contributed by atoms with Crippen molar-refractivity contribution in [2.45, 2.75) is 28.5 Å². The van der Waals surface area contributed by atoms with E-state index in [1.165, 1.54) is 22.5 Å². The van der Waals surface area contributed by atoms with Crippen LogP contribution in [0.2, 0.25) is 0 Å². The smallest absolute Gasteiger partial charge is 0.485 e. The first-order valence-corrected chi connectivity index (χ1v) is 13.6. The Hall–Kier alpha value is -3.15. The van der Waals surface area contributed by atoms with Crippen LogP contribution in [0.3, 0.4) is 0 Å². The molecule has 1 unspecified atom stereocenters. The highest BCUT2D eigenvalue weighted by Crippen LogP contribution is 2.55. The number of alkyl halides is 3. The summed E-state index contributed by atoms with van der Waals surface area (Å²) in [5.41, 5.74) is -1.72. The van der Waals surface area contributed by atoms with Gasteiger partial charge in [-0.05, 0) is 16.7 Å². The van der Waals surface area contributed by atoms with Gasteiger partial charge in [0.2, 0.25) is 5.82 Å². The van der Waals surface area contributed by atoms with Gasteiger partial charge in [0.1, 0.15) is 0 Å². The molecule has 0 bridgehead atoms. The summed E-state index contributed by atoms with van der Waals surface area (Å²) in [5, 5.41) is 4.87. The van der Waals surface area contributed by atoms with Crippen molar-refractivity contribution in [2.75, 3.05) is 0 Å².